The maximum absolute atomic E-state index is 6.06. The SMILES string of the molecule is Clc1ccc(Cl)c(NCC2CCCC2)c1. The zero-order chi connectivity index (χ0) is 10.7. The molecule has 3 heteroatoms. The quantitative estimate of drug-likeness (QED) is 0.819. The first-order chi connectivity index (χ1) is 7.25. The van der Waals surface area contributed by atoms with E-state index in [2.05, 4.69) is 5.32 Å². The topological polar surface area (TPSA) is 12.0 Å². The number of hydrogen-bond acceptors (Lipinski definition) is 1. The van der Waals surface area contributed by atoms with Crippen LogP contribution in [0, 0.1) is 5.92 Å². The predicted molar refractivity (Wildman–Crippen MR) is 66.9 cm³/mol. The molecule has 1 fully saturated rings. The van der Waals surface area contributed by atoms with Gasteiger partial charge in [0, 0.05) is 11.6 Å². The highest BCUT2D eigenvalue weighted by molar-refractivity contribution is 6.35. The molecule has 1 aromatic rings. The molecule has 0 unspecified atom stereocenters. The number of halogens is 2. The minimum atomic E-state index is 0.730. The Labute approximate surface area is 101 Å². The fourth-order valence-electron chi connectivity index (χ4n) is 2.10. The summed E-state index contributed by atoms with van der Waals surface area (Å²) in [5, 5.41) is 4.86. The van der Waals surface area contributed by atoms with Gasteiger partial charge < -0.3 is 5.32 Å². The number of benzene rings is 1. The highest BCUT2D eigenvalue weighted by atomic mass is 35.5. The molecule has 0 spiro atoms. The third-order valence-electron chi connectivity index (χ3n) is 2.98. The lowest BCUT2D eigenvalue weighted by atomic mass is 10.1. The van der Waals surface area contributed by atoms with Crippen LogP contribution in [0.2, 0.25) is 10.0 Å². The molecule has 0 radical (unpaired) electrons. The van der Waals surface area contributed by atoms with E-state index in [-0.39, 0.29) is 0 Å². The highest BCUT2D eigenvalue weighted by Gasteiger charge is 2.14. The summed E-state index contributed by atoms with van der Waals surface area (Å²) in [6.07, 6.45) is 5.42. The first-order valence-electron chi connectivity index (χ1n) is 5.44. The van der Waals surface area contributed by atoms with Crippen molar-refractivity contribution in [3.63, 3.8) is 0 Å². The third kappa shape index (κ3) is 3.02. The summed E-state index contributed by atoms with van der Waals surface area (Å²) in [5.41, 5.74) is 0.955. The van der Waals surface area contributed by atoms with E-state index in [1.54, 1.807) is 0 Å². The molecule has 15 heavy (non-hydrogen) atoms. The minimum Gasteiger partial charge on any atom is -0.384 e. The lowest BCUT2D eigenvalue weighted by molar-refractivity contribution is 0.580. The van der Waals surface area contributed by atoms with Crippen molar-refractivity contribution in [3.8, 4) is 0 Å². The van der Waals surface area contributed by atoms with Crippen LogP contribution in [0.15, 0.2) is 18.2 Å². The summed E-state index contributed by atoms with van der Waals surface area (Å²) >= 11 is 12.0. The Hall–Kier alpha value is -0.400. The Morgan fingerprint density at radius 2 is 1.93 bits per heavy atom. The van der Waals surface area contributed by atoms with E-state index < -0.39 is 0 Å². The molecule has 1 aromatic carbocycles. The molecule has 1 aliphatic rings. The van der Waals surface area contributed by atoms with Crippen LogP contribution in [-0.4, -0.2) is 6.54 Å². The average molecular weight is 244 g/mol. The van der Waals surface area contributed by atoms with Crippen LogP contribution in [-0.2, 0) is 0 Å². The van der Waals surface area contributed by atoms with Gasteiger partial charge in [0.2, 0.25) is 0 Å². The largest absolute Gasteiger partial charge is 0.384 e. The fourth-order valence-corrected chi connectivity index (χ4v) is 2.46. The number of anilines is 1. The molecule has 0 aliphatic heterocycles. The van der Waals surface area contributed by atoms with Gasteiger partial charge in [-0.15, -0.1) is 0 Å². The van der Waals surface area contributed by atoms with Crippen molar-refractivity contribution in [3.05, 3.63) is 28.2 Å². The van der Waals surface area contributed by atoms with Crippen molar-refractivity contribution < 1.29 is 0 Å². The standard InChI is InChI=1S/C12H15Cl2N/c13-10-5-6-11(14)12(7-10)15-8-9-3-1-2-4-9/h5-7,9,15H,1-4,8H2. The zero-order valence-corrected chi connectivity index (χ0v) is 10.1. The van der Waals surface area contributed by atoms with Gasteiger partial charge in [-0.2, -0.15) is 0 Å². The number of nitrogens with one attached hydrogen (secondary N) is 1. The van der Waals surface area contributed by atoms with E-state index in [4.69, 9.17) is 23.2 Å². The van der Waals surface area contributed by atoms with Gasteiger partial charge in [-0.05, 0) is 37.0 Å². The van der Waals surface area contributed by atoms with E-state index in [0.29, 0.717) is 0 Å². The lowest BCUT2D eigenvalue weighted by Crippen LogP contribution is -2.11. The van der Waals surface area contributed by atoms with Crippen LogP contribution in [0.3, 0.4) is 0 Å². The monoisotopic (exact) mass is 243 g/mol. The van der Waals surface area contributed by atoms with Gasteiger partial charge in [0.15, 0.2) is 0 Å². The Bertz CT molecular complexity index is 332. The van der Waals surface area contributed by atoms with Gasteiger partial charge >= 0.3 is 0 Å². The molecule has 1 N–H and O–H groups in total. The summed E-state index contributed by atoms with van der Waals surface area (Å²) in [6, 6.07) is 5.53. The molecule has 0 amide bonds. The Morgan fingerprint density at radius 3 is 2.67 bits per heavy atom. The van der Waals surface area contributed by atoms with Crippen LogP contribution in [0.5, 0.6) is 0 Å². The van der Waals surface area contributed by atoms with Crippen LogP contribution >= 0.6 is 23.2 Å². The second-order valence-corrected chi connectivity index (χ2v) is 5.00. The Morgan fingerprint density at radius 1 is 1.20 bits per heavy atom. The van der Waals surface area contributed by atoms with Crippen molar-refractivity contribution in [2.75, 3.05) is 11.9 Å². The molecular formula is C12H15Cl2N. The van der Waals surface area contributed by atoms with Gasteiger partial charge in [-0.25, -0.2) is 0 Å². The van der Waals surface area contributed by atoms with Crippen LogP contribution in [0.4, 0.5) is 5.69 Å². The number of hydrogen-bond donors (Lipinski definition) is 1. The summed E-state index contributed by atoms with van der Waals surface area (Å²) in [6.45, 7) is 1.01. The van der Waals surface area contributed by atoms with Gasteiger partial charge in [-0.3, -0.25) is 0 Å². The third-order valence-corrected chi connectivity index (χ3v) is 3.55. The molecule has 1 saturated carbocycles. The van der Waals surface area contributed by atoms with E-state index >= 15 is 0 Å². The maximum atomic E-state index is 6.06. The second-order valence-electron chi connectivity index (χ2n) is 4.16. The molecule has 2 rings (SSSR count). The molecule has 0 atom stereocenters. The van der Waals surface area contributed by atoms with E-state index in [0.717, 1.165) is 28.2 Å². The van der Waals surface area contributed by atoms with Crippen LogP contribution < -0.4 is 5.32 Å². The molecular weight excluding hydrogens is 229 g/mol. The summed E-state index contributed by atoms with van der Waals surface area (Å²) in [5.74, 6) is 0.806. The molecule has 0 saturated heterocycles. The van der Waals surface area contributed by atoms with Crippen molar-refractivity contribution >= 4 is 28.9 Å². The lowest BCUT2D eigenvalue weighted by Gasteiger charge is -2.13. The van der Waals surface area contributed by atoms with Crippen molar-refractivity contribution in [2.45, 2.75) is 25.7 Å². The minimum absolute atomic E-state index is 0.730. The Kier molecular flexibility index (Phi) is 3.76. The van der Waals surface area contributed by atoms with E-state index in [1.807, 2.05) is 18.2 Å². The van der Waals surface area contributed by atoms with Gasteiger partial charge in [0.25, 0.3) is 0 Å². The zero-order valence-electron chi connectivity index (χ0n) is 8.60. The first-order valence-corrected chi connectivity index (χ1v) is 6.20. The molecule has 0 heterocycles. The van der Waals surface area contributed by atoms with Crippen LogP contribution in [0.25, 0.3) is 0 Å². The molecule has 0 bridgehead atoms. The predicted octanol–water partition coefficient (Wildman–Crippen LogP) is 4.60. The van der Waals surface area contributed by atoms with Gasteiger partial charge in [0.1, 0.15) is 0 Å². The summed E-state index contributed by atoms with van der Waals surface area (Å²) in [4.78, 5) is 0. The number of rotatable bonds is 3. The highest BCUT2D eigenvalue weighted by Crippen LogP contribution is 2.28. The van der Waals surface area contributed by atoms with Crippen molar-refractivity contribution in [1.82, 2.24) is 0 Å². The van der Waals surface area contributed by atoms with Crippen molar-refractivity contribution in [1.29, 1.82) is 0 Å². The maximum Gasteiger partial charge on any atom is 0.0638 e. The molecule has 1 nitrogen and oxygen atoms in total. The van der Waals surface area contributed by atoms with Gasteiger partial charge in [0.05, 0.1) is 10.7 Å². The summed E-state index contributed by atoms with van der Waals surface area (Å²) in [7, 11) is 0. The fraction of sp³-hybridized carbons (Fsp3) is 0.500. The Balaban J connectivity index is 1.94. The first kappa shape index (κ1) is 11.1. The molecule has 0 aromatic heterocycles. The van der Waals surface area contributed by atoms with Crippen LogP contribution in [0.1, 0.15) is 25.7 Å². The van der Waals surface area contributed by atoms with E-state index in [1.165, 1.54) is 25.7 Å². The second kappa shape index (κ2) is 5.09. The molecule has 1 aliphatic carbocycles. The average Bonchev–Trinajstić information content (AvgIpc) is 2.72. The summed E-state index contributed by atoms with van der Waals surface area (Å²) < 4.78 is 0. The smallest absolute Gasteiger partial charge is 0.0638 e. The molecule has 82 valence electrons. The van der Waals surface area contributed by atoms with E-state index in [9.17, 15) is 0 Å². The normalized spacial score (nSPS) is 16.9. The van der Waals surface area contributed by atoms with Gasteiger partial charge in [-0.1, -0.05) is 36.0 Å². The van der Waals surface area contributed by atoms with Crippen molar-refractivity contribution in [2.24, 2.45) is 5.92 Å².